The van der Waals surface area contributed by atoms with E-state index in [9.17, 15) is 0 Å². The molecule has 0 radical (unpaired) electrons. The van der Waals surface area contributed by atoms with Gasteiger partial charge >= 0.3 is 0 Å². The Kier molecular flexibility index (Phi) is 3.52. The fraction of sp³-hybridized carbons (Fsp3) is 1.00. The molecule has 10 heavy (non-hydrogen) atoms. The number of rotatable bonds is 3. The highest BCUT2D eigenvalue weighted by Crippen LogP contribution is 2.15. The molecular weight excluding hydrogens is 146 g/mol. The molecule has 1 aliphatic heterocycles. The first-order valence-corrected chi connectivity index (χ1v) is 4.85. The topological polar surface area (TPSA) is 12.5 Å². The van der Waals surface area contributed by atoms with Gasteiger partial charge in [0.25, 0.3) is 0 Å². The molecule has 2 nitrogen and oxygen atoms in total. The smallest absolute Gasteiger partial charge is 0.0769 e. The van der Waals surface area contributed by atoms with Gasteiger partial charge in [-0.2, -0.15) is 0 Å². The summed E-state index contributed by atoms with van der Waals surface area (Å²) in [6.45, 7) is 2.13. The van der Waals surface area contributed by atoms with Crippen LogP contribution in [0.1, 0.15) is 12.8 Å². The second kappa shape index (κ2) is 4.21. The predicted molar refractivity (Wildman–Crippen MR) is 45.1 cm³/mol. The molecule has 1 aliphatic rings. The number of likely N-dealkylation sites (N-methyl/N-ethyl adjacent to an activating group) is 1. The lowest BCUT2D eigenvalue weighted by atomic mass is 10.2. The minimum atomic E-state index is 0.674. The highest BCUT2D eigenvalue weighted by atomic mass is 32.2. The van der Waals surface area contributed by atoms with E-state index < -0.39 is 0 Å². The van der Waals surface area contributed by atoms with Gasteiger partial charge in [-0.15, -0.1) is 0 Å². The lowest BCUT2D eigenvalue weighted by Gasteiger charge is -2.17. The summed E-state index contributed by atoms with van der Waals surface area (Å²) >= 11 is 1.46. The zero-order valence-electron chi connectivity index (χ0n) is 6.67. The maximum absolute atomic E-state index is 5.26. The van der Waals surface area contributed by atoms with Crippen molar-refractivity contribution in [2.45, 2.75) is 18.9 Å². The molecule has 0 bridgehead atoms. The Morgan fingerprint density at radius 2 is 2.50 bits per heavy atom. The summed E-state index contributed by atoms with van der Waals surface area (Å²) in [7, 11) is 2.17. The molecular formula is C7H15NOS. The van der Waals surface area contributed by atoms with Crippen molar-refractivity contribution in [1.82, 2.24) is 4.90 Å². The number of nitrogens with zero attached hydrogens (tertiary/aromatic N) is 1. The summed E-state index contributed by atoms with van der Waals surface area (Å²) < 4.78 is 5.26. The molecule has 1 saturated heterocycles. The van der Waals surface area contributed by atoms with E-state index in [0.29, 0.717) is 6.04 Å². The van der Waals surface area contributed by atoms with Crippen LogP contribution in [0.25, 0.3) is 0 Å². The molecule has 0 spiro atoms. The molecule has 1 heterocycles. The zero-order chi connectivity index (χ0) is 7.40. The largest absolute Gasteiger partial charge is 0.314 e. The van der Waals surface area contributed by atoms with Gasteiger partial charge in [0.2, 0.25) is 0 Å². The Bertz CT molecular complexity index is 99.6. The van der Waals surface area contributed by atoms with Gasteiger partial charge in [-0.05, 0) is 38.5 Å². The number of hydrogen-bond acceptors (Lipinski definition) is 3. The molecule has 60 valence electrons. The lowest BCUT2D eigenvalue weighted by Crippen LogP contribution is -2.28. The maximum atomic E-state index is 5.26. The van der Waals surface area contributed by atoms with Crippen molar-refractivity contribution < 1.29 is 4.18 Å². The van der Waals surface area contributed by atoms with Crippen LogP contribution >= 0.6 is 12.0 Å². The number of hydrogen-bond donors (Lipinski definition) is 0. The van der Waals surface area contributed by atoms with Crippen molar-refractivity contribution in [3.63, 3.8) is 0 Å². The minimum Gasteiger partial charge on any atom is -0.314 e. The van der Waals surface area contributed by atoms with Crippen LogP contribution in [0.5, 0.6) is 0 Å². The van der Waals surface area contributed by atoms with Crippen LogP contribution in [0.2, 0.25) is 0 Å². The Balaban J connectivity index is 2.14. The Hall–Kier alpha value is 0.270. The first-order valence-electron chi connectivity index (χ1n) is 3.70. The number of likely N-dealkylation sites (tertiary alicyclic amines) is 1. The summed E-state index contributed by atoms with van der Waals surface area (Å²) in [5.41, 5.74) is 0. The van der Waals surface area contributed by atoms with Gasteiger partial charge in [0.05, 0.1) is 6.61 Å². The van der Waals surface area contributed by atoms with Crippen LogP contribution in [-0.2, 0) is 4.18 Å². The third kappa shape index (κ3) is 2.15. The van der Waals surface area contributed by atoms with E-state index in [1.165, 1.54) is 31.4 Å². The molecule has 0 aliphatic carbocycles. The van der Waals surface area contributed by atoms with Crippen LogP contribution in [0, 0.1) is 0 Å². The summed E-state index contributed by atoms with van der Waals surface area (Å²) in [5.74, 6) is 0. The highest BCUT2D eigenvalue weighted by molar-refractivity contribution is 7.93. The maximum Gasteiger partial charge on any atom is 0.0769 e. The van der Waals surface area contributed by atoms with E-state index in [0.717, 1.165) is 6.61 Å². The van der Waals surface area contributed by atoms with Crippen LogP contribution in [-0.4, -0.2) is 37.4 Å². The molecule has 0 N–H and O–H groups in total. The lowest BCUT2D eigenvalue weighted by molar-refractivity contribution is 0.220. The zero-order valence-corrected chi connectivity index (χ0v) is 7.49. The molecule has 0 saturated carbocycles. The first kappa shape index (κ1) is 8.37. The van der Waals surface area contributed by atoms with Crippen LogP contribution in [0.4, 0.5) is 0 Å². The van der Waals surface area contributed by atoms with Crippen molar-refractivity contribution >= 4 is 12.0 Å². The van der Waals surface area contributed by atoms with Crippen molar-refractivity contribution in [2.24, 2.45) is 0 Å². The first-order chi connectivity index (χ1) is 4.84. The van der Waals surface area contributed by atoms with Crippen molar-refractivity contribution in [1.29, 1.82) is 0 Å². The fourth-order valence-electron chi connectivity index (χ4n) is 1.34. The van der Waals surface area contributed by atoms with Crippen LogP contribution < -0.4 is 0 Å². The molecule has 3 heteroatoms. The molecule has 0 aromatic heterocycles. The minimum absolute atomic E-state index is 0.674. The monoisotopic (exact) mass is 161 g/mol. The van der Waals surface area contributed by atoms with Crippen molar-refractivity contribution in [3.8, 4) is 0 Å². The molecule has 0 amide bonds. The third-order valence-electron chi connectivity index (χ3n) is 2.05. The van der Waals surface area contributed by atoms with Gasteiger partial charge in [-0.1, -0.05) is 0 Å². The standard InChI is InChI=1S/C7H15NOS/c1-8-5-3-4-7(8)6-9-10-2/h7H,3-6H2,1-2H3. The average Bonchev–Trinajstić information content (AvgIpc) is 2.31. The van der Waals surface area contributed by atoms with Gasteiger partial charge in [0.15, 0.2) is 0 Å². The highest BCUT2D eigenvalue weighted by Gasteiger charge is 2.20. The fourth-order valence-corrected chi connectivity index (χ4v) is 1.63. The summed E-state index contributed by atoms with van der Waals surface area (Å²) in [5, 5.41) is 0. The van der Waals surface area contributed by atoms with Crippen LogP contribution in [0.15, 0.2) is 0 Å². The Morgan fingerprint density at radius 3 is 3.00 bits per heavy atom. The predicted octanol–water partition coefficient (Wildman–Crippen LogP) is 1.38. The van der Waals surface area contributed by atoms with Gasteiger partial charge in [-0.25, -0.2) is 0 Å². The summed E-state index contributed by atoms with van der Waals surface area (Å²) in [6, 6.07) is 0.674. The SMILES string of the molecule is CSOCC1CCCN1C. The van der Waals surface area contributed by atoms with E-state index in [1.807, 2.05) is 6.26 Å². The summed E-state index contributed by atoms with van der Waals surface area (Å²) in [4.78, 5) is 2.37. The molecule has 1 fully saturated rings. The Labute approximate surface area is 67.1 Å². The summed E-state index contributed by atoms with van der Waals surface area (Å²) in [6.07, 6.45) is 4.60. The molecule has 1 unspecified atom stereocenters. The molecule has 0 aromatic rings. The van der Waals surface area contributed by atoms with Crippen LogP contribution in [0.3, 0.4) is 0 Å². The molecule has 1 atom stereocenters. The normalized spacial score (nSPS) is 27.6. The van der Waals surface area contributed by atoms with E-state index in [-0.39, 0.29) is 0 Å². The molecule has 1 rings (SSSR count). The average molecular weight is 161 g/mol. The van der Waals surface area contributed by atoms with E-state index in [4.69, 9.17) is 4.18 Å². The van der Waals surface area contributed by atoms with Gasteiger partial charge < -0.3 is 9.08 Å². The van der Waals surface area contributed by atoms with Gasteiger partial charge in [0, 0.05) is 12.3 Å². The molecule has 0 aromatic carbocycles. The van der Waals surface area contributed by atoms with Gasteiger partial charge in [0.1, 0.15) is 0 Å². The second-order valence-electron chi connectivity index (χ2n) is 2.73. The Morgan fingerprint density at radius 1 is 1.70 bits per heavy atom. The van der Waals surface area contributed by atoms with E-state index >= 15 is 0 Å². The van der Waals surface area contributed by atoms with Crippen molar-refractivity contribution in [2.75, 3.05) is 26.5 Å². The quantitative estimate of drug-likeness (QED) is 0.580. The van der Waals surface area contributed by atoms with E-state index in [2.05, 4.69) is 11.9 Å². The van der Waals surface area contributed by atoms with Gasteiger partial charge in [-0.3, -0.25) is 0 Å². The third-order valence-corrected chi connectivity index (χ3v) is 2.42. The second-order valence-corrected chi connectivity index (χ2v) is 3.30. The van der Waals surface area contributed by atoms with Crippen molar-refractivity contribution in [3.05, 3.63) is 0 Å². The van der Waals surface area contributed by atoms with E-state index in [1.54, 1.807) is 0 Å².